The number of sulfonamides is 1. The van der Waals surface area contributed by atoms with Crippen molar-refractivity contribution in [1.29, 1.82) is 0 Å². The summed E-state index contributed by atoms with van der Waals surface area (Å²) in [4.78, 5) is 4.43. The molecule has 1 N–H and O–H groups in total. The molecule has 0 spiro atoms. The fourth-order valence-corrected chi connectivity index (χ4v) is 2.94. The standard InChI is InChI=1S/C10H16N2O2S2/c1-7(2)16(13,14)11-5-9-6-15-10(12-9)8-3-4-8/h6-8,11H,3-5H2,1-2H3. The van der Waals surface area contributed by atoms with Crippen molar-refractivity contribution in [2.75, 3.05) is 0 Å². The molecule has 0 radical (unpaired) electrons. The van der Waals surface area contributed by atoms with Crippen LogP contribution in [-0.4, -0.2) is 18.7 Å². The van der Waals surface area contributed by atoms with E-state index in [0.717, 1.165) is 10.7 Å². The molecule has 0 amide bonds. The van der Waals surface area contributed by atoms with Gasteiger partial charge in [-0.3, -0.25) is 0 Å². The number of nitrogens with one attached hydrogen (secondary N) is 1. The Labute approximate surface area is 100 Å². The Morgan fingerprint density at radius 2 is 2.25 bits per heavy atom. The lowest BCUT2D eigenvalue weighted by atomic mass is 10.4. The summed E-state index contributed by atoms with van der Waals surface area (Å²) in [5.41, 5.74) is 0.830. The maximum atomic E-state index is 11.5. The van der Waals surface area contributed by atoms with E-state index in [2.05, 4.69) is 9.71 Å². The highest BCUT2D eigenvalue weighted by atomic mass is 32.2. The van der Waals surface area contributed by atoms with Gasteiger partial charge in [0.1, 0.15) is 0 Å². The summed E-state index contributed by atoms with van der Waals surface area (Å²) in [6, 6.07) is 0. The fraction of sp³-hybridized carbons (Fsp3) is 0.700. The molecule has 1 aromatic rings. The van der Waals surface area contributed by atoms with Crippen molar-refractivity contribution in [2.24, 2.45) is 0 Å². The number of nitrogens with zero attached hydrogens (tertiary/aromatic N) is 1. The molecule has 4 nitrogen and oxygen atoms in total. The molecule has 0 saturated heterocycles. The lowest BCUT2D eigenvalue weighted by Crippen LogP contribution is -2.30. The first-order valence-corrected chi connectivity index (χ1v) is 7.84. The second-order valence-electron chi connectivity index (χ2n) is 4.37. The Morgan fingerprint density at radius 1 is 1.56 bits per heavy atom. The van der Waals surface area contributed by atoms with Crippen LogP contribution in [0, 0.1) is 0 Å². The molecular weight excluding hydrogens is 244 g/mol. The van der Waals surface area contributed by atoms with Gasteiger partial charge < -0.3 is 0 Å². The second-order valence-corrected chi connectivity index (χ2v) is 7.58. The van der Waals surface area contributed by atoms with Crippen LogP contribution in [0.1, 0.15) is 43.3 Å². The van der Waals surface area contributed by atoms with Gasteiger partial charge in [-0.15, -0.1) is 11.3 Å². The summed E-state index contributed by atoms with van der Waals surface area (Å²) in [5.74, 6) is 0.639. The summed E-state index contributed by atoms with van der Waals surface area (Å²) < 4.78 is 25.6. The van der Waals surface area contributed by atoms with Gasteiger partial charge in [0.25, 0.3) is 0 Å². The lowest BCUT2D eigenvalue weighted by Gasteiger charge is -2.07. The van der Waals surface area contributed by atoms with Crippen LogP contribution in [0.4, 0.5) is 0 Å². The summed E-state index contributed by atoms with van der Waals surface area (Å²) in [6.45, 7) is 3.64. The molecule has 6 heteroatoms. The van der Waals surface area contributed by atoms with Crippen LogP contribution in [0.5, 0.6) is 0 Å². The van der Waals surface area contributed by atoms with E-state index in [-0.39, 0.29) is 0 Å². The molecule has 2 rings (SSSR count). The van der Waals surface area contributed by atoms with Gasteiger partial charge in [-0.05, 0) is 26.7 Å². The molecule has 0 atom stereocenters. The van der Waals surface area contributed by atoms with E-state index >= 15 is 0 Å². The minimum Gasteiger partial charge on any atom is -0.245 e. The number of hydrogen-bond acceptors (Lipinski definition) is 4. The fourth-order valence-electron chi connectivity index (χ4n) is 1.26. The third kappa shape index (κ3) is 2.81. The van der Waals surface area contributed by atoms with E-state index in [1.165, 1.54) is 12.8 Å². The molecule has 16 heavy (non-hydrogen) atoms. The first-order chi connectivity index (χ1) is 7.49. The predicted octanol–water partition coefficient (Wildman–Crippen LogP) is 1.85. The van der Waals surface area contributed by atoms with E-state index in [1.54, 1.807) is 25.2 Å². The Kier molecular flexibility index (Phi) is 3.32. The van der Waals surface area contributed by atoms with Crippen molar-refractivity contribution < 1.29 is 8.42 Å². The van der Waals surface area contributed by atoms with Gasteiger partial charge in [-0.2, -0.15) is 0 Å². The summed E-state index contributed by atoms with van der Waals surface area (Å²) >= 11 is 1.63. The Bertz CT molecular complexity index is 461. The average Bonchev–Trinajstić information content (AvgIpc) is 2.95. The van der Waals surface area contributed by atoms with Crippen molar-refractivity contribution in [3.05, 3.63) is 16.1 Å². The Balaban J connectivity index is 1.94. The Hall–Kier alpha value is -0.460. The number of aromatic nitrogens is 1. The van der Waals surface area contributed by atoms with Crippen LogP contribution in [0.3, 0.4) is 0 Å². The summed E-state index contributed by atoms with van der Waals surface area (Å²) in [5, 5.41) is 2.70. The van der Waals surface area contributed by atoms with Crippen LogP contribution in [-0.2, 0) is 16.6 Å². The predicted molar refractivity (Wildman–Crippen MR) is 65.0 cm³/mol. The van der Waals surface area contributed by atoms with Crippen molar-refractivity contribution in [3.63, 3.8) is 0 Å². The lowest BCUT2D eigenvalue weighted by molar-refractivity contribution is 0.571. The maximum absolute atomic E-state index is 11.5. The maximum Gasteiger partial charge on any atom is 0.214 e. The van der Waals surface area contributed by atoms with Gasteiger partial charge in [0.05, 0.1) is 22.5 Å². The van der Waals surface area contributed by atoms with Gasteiger partial charge in [0, 0.05) is 11.3 Å². The molecule has 90 valence electrons. The molecule has 1 aromatic heterocycles. The summed E-state index contributed by atoms with van der Waals surface area (Å²) in [7, 11) is -3.18. The van der Waals surface area contributed by atoms with E-state index in [9.17, 15) is 8.42 Å². The zero-order valence-electron chi connectivity index (χ0n) is 9.43. The van der Waals surface area contributed by atoms with Gasteiger partial charge in [0.15, 0.2) is 0 Å². The van der Waals surface area contributed by atoms with Crippen molar-refractivity contribution in [2.45, 2.75) is 44.4 Å². The minimum atomic E-state index is -3.18. The van der Waals surface area contributed by atoms with Crippen LogP contribution in [0.2, 0.25) is 0 Å². The smallest absolute Gasteiger partial charge is 0.214 e. The quantitative estimate of drug-likeness (QED) is 0.879. The van der Waals surface area contributed by atoms with Crippen LogP contribution in [0.15, 0.2) is 5.38 Å². The third-order valence-corrected chi connectivity index (χ3v) is 5.42. The van der Waals surface area contributed by atoms with Crippen molar-refractivity contribution >= 4 is 21.4 Å². The topological polar surface area (TPSA) is 59.1 Å². The minimum absolute atomic E-state index is 0.309. The molecule has 1 heterocycles. The normalized spacial score (nSPS) is 16.9. The highest BCUT2D eigenvalue weighted by molar-refractivity contribution is 7.90. The van der Waals surface area contributed by atoms with Gasteiger partial charge in [-0.1, -0.05) is 0 Å². The summed E-state index contributed by atoms with van der Waals surface area (Å²) in [6.07, 6.45) is 2.45. The zero-order valence-corrected chi connectivity index (χ0v) is 11.1. The second kappa shape index (κ2) is 4.43. The zero-order chi connectivity index (χ0) is 11.8. The molecule has 0 bridgehead atoms. The van der Waals surface area contributed by atoms with Crippen LogP contribution < -0.4 is 4.72 Å². The van der Waals surface area contributed by atoms with E-state index < -0.39 is 15.3 Å². The first-order valence-electron chi connectivity index (χ1n) is 5.42. The van der Waals surface area contributed by atoms with E-state index in [0.29, 0.717) is 12.5 Å². The van der Waals surface area contributed by atoms with Crippen LogP contribution >= 0.6 is 11.3 Å². The molecular formula is C10H16N2O2S2. The van der Waals surface area contributed by atoms with Crippen molar-refractivity contribution in [1.82, 2.24) is 9.71 Å². The van der Waals surface area contributed by atoms with Crippen molar-refractivity contribution in [3.8, 4) is 0 Å². The monoisotopic (exact) mass is 260 g/mol. The van der Waals surface area contributed by atoms with Crippen LogP contribution in [0.25, 0.3) is 0 Å². The molecule has 1 fully saturated rings. The molecule has 0 aliphatic heterocycles. The van der Waals surface area contributed by atoms with Gasteiger partial charge in [0.2, 0.25) is 10.0 Å². The largest absolute Gasteiger partial charge is 0.245 e. The molecule has 0 aromatic carbocycles. The molecule has 1 aliphatic rings. The first kappa shape index (κ1) is 12.0. The SMILES string of the molecule is CC(C)S(=O)(=O)NCc1csc(C2CC2)n1. The molecule has 1 aliphatic carbocycles. The highest BCUT2D eigenvalue weighted by Crippen LogP contribution is 2.41. The highest BCUT2D eigenvalue weighted by Gasteiger charge is 2.26. The molecule has 1 saturated carbocycles. The molecule has 0 unspecified atom stereocenters. The Morgan fingerprint density at radius 3 is 2.81 bits per heavy atom. The number of thiazole rings is 1. The average molecular weight is 260 g/mol. The number of rotatable bonds is 5. The van der Waals surface area contributed by atoms with E-state index in [4.69, 9.17) is 0 Å². The number of hydrogen-bond donors (Lipinski definition) is 1. The van der Waals surface area contributed by atoms with Gasteiger partial charge in [-0.25, -0.2) is 18.1 Å². The van der Waals surface area contributed by atoms with Gasteiger partial charge >= 0.3 is 0 Å². The third-order valence-electron chi connectivity index (χ3n) is 2.57. The van der Waals surface area contributed by atoms with E-state index in [1.807, 2.05) is 5.38 Å².